The van der Waals surface area contributed by atoms with Crippen molar-refractivity contribution in [2.24, 2.45) is 0 Å². The van der Waals surface area contributed by atoms with Gasteiger partial charge in [0.25, 0.3) is 0 Å². The fraction of sp³-hybridized carbons (Fsp3) is 0.263. The summed E-state index contributed by atoms with van der Waals surface area (Å²) in [5, 5.41) is 29.3. The van der Waals surface area contributed by atoms with Crippen LogP contribution in [0.1, 0.15) is 32.3 Å². The number of benzene rings is 1. The molecule has 3 heteroatoms. The molecule has 1 unspecified atom stereocenters. The molecular weight excluding hydrogens is 276 g/mol. The summed E-state index contributed by atoms with van der Waals surface area (Å²) >= 11 is 0. The van der Waals surface area contributed by atoms with Gasteiger partial charge in [-0.15, -0.1) is 0 Å². The van der Waals surface area contributed by atoms with Crippen LogP contribution in [0, 0.1) is 0 Å². The van der Waals surface area contributed by atoms with Gasteiger partial charge in [0.2, 0.25) is 0 Å². The Morgan fingerprint density at radius 3 is 2.36 bits per heavy atom. The van der Waals surface area contributed by atoms with E-state index in [0.29, 0.717) is 12.8 Å². The van der Waals surface area contributed by atoms with E-state index < -0.39 is 5.60 Å². The van der Waals surface area contributed by atoms with Crippen molar-refractivity contribution in [1.82, 2.24) is 0 Å². The van der Waals surface area contributed by atoms with Crippen molar-refractivity contribution in [2.45, 2.75) is 32.3 Å². The van der Waals surface area contributed by atoms with Crippen LogP contribution < -0.4 is 0 Å². The third-order valence-electron chi connectivity index (χ3n) is 3.53. The highest BCUT2D eigenvalue weighted by atomic mass is 16.3. The summed E-state index contributed by atoms with van der Waals surface area (Å²) < 4.78 is 0. The molecule has 0 saturated carbocycles. The first-order valence-corrected chi connectivity index (χ1v) is 7.33. The minimum atomic E-state index is -0.808. The topological polar surface area (TPSA) is 60.7 Å². The van der Waals surface area contributed by atoms with E-state index in [2.05, 4.69) is 0 Å². The van der Waals surface area contributed by atoms with E-state index >= 15 is 0 Å². The zero-order valence-corrected chi connectivity index (χ0v) is 13.0. The lowest BCUT2D eigenvalue weighted by Crippen LogP contribution is -2.25. The molecule has 0 amide bonds. The second kappa shape index (κ2) is 6.67. The Morgan fingerprint density at radius 2 is 1.82 bits per heavy atom. The largest absolute Gasteiger partial charge is 0.508 e. The van der Waals surface area contributed by atoms with Gasteiger partial charge < -0.3 is 15.3 Å². The van der Waals surface area contributed by atoms with Gasteiger partial charge in [-0.1, -0.05) is 42.0 Å². The number of allylic oxidation sites excluding steroid dienone is 4. The molecule has 3 nitrogen and oxygen atoms in total. The van der Waals surface area contributed by atoms with Crippen LogP contribution in [-0.4, -0.2) is 20.9 Å². The van der Waals surface area contributed by atoms with Crippen molar-refractivity contribution in [1.29, 1.82) is 0 Å². The Labute approximate surface area is 131 Å². The van der Waals surface area contributed by atoms with Crippen LogP contribution in [0.2, 0.25) is 0 Å². The highest BCUT2D eigenvalue weighted by molar-refractivity contribution is 5.58. The van der Waals surface area contributed by atoms with Crippen molar-refractivity contribution < 1.29 is 15.3 Å². The van der Waals surface area contributed by atoms with Crippen molar-refractivity contribution >= 4 is 6.08 Å². The molecule has 1 aliphatic carbocycles. The van der Waals surface area contributed by atoms with E-state index in [9.17, 15) is 15.3 Å². The minimum absolute atomic E-state index is 0.0314. The van der Waals surface area contributed by atoms with Crippen molar-refractivity contribution in [3.05, 3.63) is 65.3 Å². The third kappa shape index (κ3) is 4.64. The fourth-order valence-electron chi connectivity index (χ4n) is 2.24. The summed E-state index contributed by atoms with van der Waals surface area (Å²) in [6.45, 7) is 4.04. The number of rotatable bonds is 4. The zero-order valence-electron chi connectivity index (χ0n) is 13.0. The highest BCUT2D eigenvalue weighted by Crippen LogP contribution is 2.27. The predicted octanol–water partition coefficient (Wildman–Crippen LogP) is 4.08. The first-order valence-electron chi connectivity index (χ1n) is 7.33. The standard InChI is InChI=1S/C19H22O3/c1-14(2)5-8-19(22)9-6-15(7-10-19)3-4-16-11-17(20)13-18(21)12-16/h3-7,9,11-13,20-22H,8,10H2,1-2H3. The number of phenols is 2. The Balaban J connectivity index is 2.04. The molecule has 116 valence electrons. The zero-order chi connectivity index (χ0) is 16.2. The van der Waals surface area contributed by atoms with Crippen molar-refractivity contribution in [2.75, 3.05) is 0 Å². The first-order chi connectivity index (χ1) is 10.4. The highest BCUT2D eigenvalue weighted by Gasteiger charge is 2.22. The molecule has 0 aliphatic heterocycles. The Morgan fingerprint density at radius 1 is 1.14 bits per heavy atom. The Kier molecular flexibility index (Phi) is 4.88. The number of aliphatic hydroxyl groups is 1. The van der Waals surface area contributed by atoms with Crippen LogP contribution in [0.4, 0.5) is 0 Å². The molecule has 1 aliphatic rings. The molecular formula is C19H22O3. The van der Waals surface area contributed by atoms with Gasteiger partial charge in [-0.2, -0.15) is 0 Å². The van der Waals surface area contributed by atoms with E-state index in [1.807, 2.05) is 50.3 Å². The maximum absolute atomic E-state index is 10.4. The van der Waals surface area contributed by atoms with Crippen LogP contribution in [0.3, 0.4) is 0 Å². The van der Waals surface area contributed by atoms with Gasteiger partial charge in [-0.3, -0.25) is 0 Å². The van der Waals surface area contributed by atoms with Gasteiger partial charge in [-0.05, 0) is 50.0 Å². The molecule has 2 rings (SSSR count). The van der Waals surface area contributed by atoms with Gasteiger partial charge in [0.15, 0.2) is 0 Å². The fourth-order valence-corrected chi connectivity index (χ4v) is 2.24. The molecule has 1 aromatic rings. The molecule has 0 aromatic heterocycles. The smallest absolute Gasteiger partial charge is 0.119 e. The van der Waals surface area contributed by atoms with Crippen LogP contribution in [0.25, 0.3) is 6.08 Å². The summed E-state index contributed by atoms with van der Waals surface area (Å²) in [4.78, 5) is 0. The summed E-state index contributed by atoms with van der Waals surface area (Å²) in [5.41, 5.74) is 2.10. The second-order valence-corrected chi connectivity index (χ2v) is 5.95. The van der Waals surface area contributed by atoms with E-state index in [1.165, 1.54) is 11.6 Å². The molecule has 1 aromatic carbocycles. The quantitative estimate of drug-likeness (QED) is 0.734. The Hall–Kier alpha value is -2.26. The minimum Gasteiger partial charge on any atom is -0.508 e. The molecule has 0 saturated heterocycles. The van der Waals surface area contributed by atoms with Crippen LogP contribution in [-0.2, 0) is 0 Å². The lowest BCUT2D eigenvalue weighted by atomic mass is 9.88. The molecule has 0 heterocycles. The number of aromatic hydroxyl groups is 2. The molecule has 22 heavy (non-hydrogen) atoms. The van der Waals surface area contributed by atoms with Gasteiger partial charge in [-0.25, -0.2) is 0 Å². The van der Waals surface area contributed by atoms with Crippen molar-refractivity contribution in [3.8, 4) is 11.5 Å². The van der Waals surface area contributed by atoms with E-state index in [4.69, 9.17) is 0 Å². The van der Waals surface area contributed by atoms with Gasteiger partial charge in [0, 0.05) is 6.07 Å². The molecule has 0 bridgehead atoms. The summed E-state index contributed by atoms with van der Waals surface area (Å²) in [6.07, 6.45) is 12.6. The third-order valence-corrected chi connectivity index (χ3v) is 3.53. The molecule has 0 radical (unpaired) electrons. The van der Waals surface area contributed by atoms with Gasteiger partial charge >= 0.3 is 0 Å². The van der Waals surface area contributed by atoms with E-state index in [-0.39, 0.29) is 11.5 Å². The van der Waals surface area contributed by atoms with Crippen LogP contribution >= 0.6 is 0 Å². The van der Waals surface area contributed by atoms with E-state index in [1.54, 1.807) is 12.1 Å². The summed E-state index contributed by atoms with van der Waals surface area (Å²) in [5.74, 6) is 0.0628. The van der Waals surface area contributed by atoms with Crippen molar-refractivity contribution in [3.63, 3.8) is 0 Å². The molecule has 1 atom stereocenters. The average Bonchev–Trinajstić information content (AvgIpc) is 2.44. The monoisotopic (exact) mass is 298 g/mol. The SMILES string of the molecule is CC(C)=CCC1(O)C=CC(C=Cc2cc(O)cc(O)c2)=CC1. The number of phenolic OH excluding ortho intramolecular Hbond substituents is 2. The number of hydrogen-bond donors (Lipinski definition) is 3. The van der Waals surface area contributed by atoms with Crippen LogP contribution in [0.15, 0.2) is 59.7 Å². The molecule has 0 spiro atoms. The summed E-state index contributed by atoms with van der Waals surface area (Å²) in [7, 11) is 0. The van der Waals surface area contributed by atoms with Crippen LogP contribution in [0.5, 0.6) is 11.5 Å². The summed E-state index contributed by atoms with van der Waals surface area (Å²) in [6, 6.07) is 4.45. The van der Waals surface area contributed by atoms with E-state index in [0.717, 1.165) is 11.1 Å². The lowest BCUT2D eigenvalue weighted by Gasteiger charge is -2.25. The molecule has 3 N–H and O–H groups in total. The van der Waals surface area contributed by atoms with Gasteiger partial charge in [0.1, 0.15) is 11.5 Å². The predicted molar refractivity (Wildman–Crippen MR) is 89.6 cm³/mol. The van der Waals surface area contributed by atoms with Gasteiger partial charge in [0.05, 0.1) is 5.60 Å². The maximum atomic E-state index is 10.4. The first kappa shape index (κ1) is 16.1. The normalized spacial score (nSPS) is 21.0. The average molecular weight is 298 g/mol. The lowest BCUT2D eigenvalue weighted by molar-refractivity contribution is 0.0958. The number of hydrogen-bond acceptors (Lipinski definition) is 3. The molecule has 0 fully saturated rings. The maximum Gasteiger partial charge on any atom is 0.119 e. The second-order valence-electron chi connectivity index (χ2n) is 5.95. The Bertz CT molecular complexity index is 641.